The van der Waals surface area contributed by atoms with Crippen LogP contribution in [0.15, 0.2) is 24.5 Å². The smallest absolute Gasteiger partial charge is 0.153 e. The van der Waals surface area contributed by atoms with Crippen molar-refractivity contribution in [1.29, 1.82) is 0 Å². The largest absolute Gasteiger partial charge is 0.311 e. The maximum absolute atomic E-state index is 6.17. The van der Waals surface area contributed by atoms with Crippen molar-refractivity contribution in [3.8, 4) is 5.82 Å². The van der Waals surface area contributed by atoms with Crippen molar-refractivity contribution in [2.75, 3.05) is 6.54 Å². The van der Waals surface area contributed by atoms with Crippen LogP contribution in [0.4, 0.5) is 0 Å². The number of nitrogens with one attached hydrogen (secondary N) is 1. The molecule has 0 atom stereocenters. The van der Waals surface area contributed by atoms with Gasteiger partial charge in [0.05, 0.1) is 16.9 Å². The fourth-order valence-corrected chi connectivity index (χ4v) is 1.91. The van der Waals surface area contributed by atoms with Gasteiger partial charge in [-0.15, -0.1) is 0 Å². The molecule has 0 bridgehead atoms. The van der Waals surface area contributed by atoms with Crippen molar-refractivity contribution in [3.05, 3.63) is 40.8 Å². The summed E-state index contributed by atoms with van der Waals surface area (Å²) in [6.07, 6.45) is 3.76. The van der Waals surface area contributed by atoms with Crippen LogP contribution in [-0.2, 0) is 6.54 Å². The molecule has 19 heavy (non-hydrogen) atoms. The first-order valence-electron chi connectivity index (χ1n) is 6.44. The molecule has 0 radical (unpaired) electrons. The molecule has 0 spiro atoms. The van der Waals surface area contributed by atoms with E-state index in [1.165, 1.54) is 0 Å². The summed E-state index contributed by atoms with van der Waals surface area (Å²) in [4.78, 5) is 4.56. The van der Waals surface area contributed by atoms with Crippen LogP contribution < -0.4 is 5.32 Å². The molecule has 0 saturated heterocycles. The molecular weight excluding hydrogens is 260 g/mol. The molecule has 0 aromatic carbocycles. The molecule has 1 N–H and O–H groups in total. The normalized spacial score (nSPS) is 11.2. The second-order valence-electron chi connectivity index (χ2n) is 5.08. The lowest BCUT2D eigenvalue weighted by Gasteiger charge is -2.09. The number of aryl methyl sites for hydroxylation is 1. The van der Waals surface area contributed by atoms with Crippen molar-refractivity contribution >= 4 is 11.6 Å². The Hall–Kier alpha value is -1.39. The van der Waals surface area contributed by atoms with Crippen molar-refractivity contribution in [2.45, 2.75) is 27.3 Å². The first kappa shape index (κ1) is 14.0. The quantitative estimate of drug-likeness (QED) is 0.914. The van der Waals surface area contributed by atoms with Gasteiger partial charge in [0, 0.05) is 12.7 Å². The van der Waals surface area contributed by atoms with Crippen LogP contribution in [0.3, 0.4) is 0 Å². The van der Waals surface area contributed by atoms with Crippen molar-refractivity contribution in [2.24, 2.45) is 5.92 Å². The summed E-state index contributed by atoms with van der Waals surface area (Å²) in [6.45, 7) is 7.97. The van der Waals surface area contributed by atoms with Crippen LogP contribution in [0, 0.1) is 12.8 Å². The third-order valence-corrected chi connectivity index (χ3v) is 3.04. The van der Waals surface area contributed by atoms with E-state index < -0.39 is 0 Å². The van der Waals surface area contributed by atoms with Gasteiger partial charge in [0.2, 0.25) is 0 Å². The molecule has 0 aliphatic heterocycles. The van der Waals surface area contributed by atoms with E-state index in [2.05, 4.69) is 29.2 Å². The monoisotopic (exact) mass is 278 g/mol. The van der Waals surface area contributed by atoms with Crippen LogP contribution in [-0.4, -0.2) is 21.3 Å². The first-order valence-corrected chi connectivity index (χ1v) is 6.82. The molecule has 2 aromatic heterocycles. The summed E-state index contributed by atoms with van der Waals surface area (Å²) >= 11 is 6.17. The standard InChI is InChI=1S/C14H19ClN4/c1-10(2)6-16-8-13-12(15)4-5-14(18-13)19-9-11(3)7-17-19/h4-5,7,9-10,16H,6,8H2,1-3H3. The lowest BCUT2D eigenvalue weighted by atomic mass is 10.2. The highest BCUT2D eigenvalue weighted by atomic mass is 35.5. The van der Waals surface area contributed by atoms with Crippen LogP contribution in [0.1, 0.15) is 25.1 Å². The fourth-order valence-electron chi connectivity index (χ4n) is 1.74. The van der Waals surface area contributed by atoms with Gasteiger partial charge >= 0.3 is 0 Å². The third-order valence-electron chi connectivity index (χ3n) is 2.70. The van der Waals surface area contributed by atoms with Crippen LogP contribution >= 0.6 is 11.6 Å². The van der Waals surface area contributed by atoms with Gasteiger partial charge in [-0.1, -0.05) is 25.4 Å². The average Bonchev–Trinajstić information content (AvgIpc) is 2.78. The molecule has 5 heteroatoms. The highest BCUT2D eigenvalue weighted by molar-refractivity contribution is 6.31. The van der Waals surface area contributed by atoms with Gasteiger partial charge in [-0.25, -0.2) is 9.67 Å². The van der Waals surface area contributed by atoms with Crippen LogP contribution in [0.25, 0.3) is 5.82 Å². The third kappa shape index (κ3) is 3.78. The van der Waals surface area contributed by atoms with Crippen LogP contribution in [0.2, 0.25) is 5.02 Å². The van der Waals surface area contributed by atoms with E-state index in [4.69, 9.17) is 11.6 Å². The average molecular weight is 279 g/mol. The van der Waals surface area contributed by atoms with E-state index in [0.29, 0.717) is 17.5 Å². The summed E-state index contributed by atoms with van der Waals surface area (Å²) in [5, 5.41) is 8.29. The van der Waals surface area contributed by atoms with Gasteiger partial charge in [0.15, 0.2) is 5.82 Å². The number of rotatable bonds is 5. The Bertz CT molecular complexity index is 548. The predicted octanol–water partition coefficient (Wildman–Crippen LogP) is 2.97. The molecule has 0 amide bonds. The Morgan fingerprint density at radius 3 is 2.79 bits per heavy atom. The summed E-state index contributed by atoms with van der Waals surface area (Å²) < 4.78 is 1.76. The molecule has 0 unspecified atom stereocenters. The molecule has 2 aromatic rings. The summed E-state index contributed by atoms with van der Waals surface area (Å²) in [5.74, 6) is 1.40. The van der Waals surface area contributed by atoms with Gasteiger partial charge < -0.3 is 5.32 Å². The van der Waals surface area contributed by atoms with Crippen molar-refractivity contribution in [3.63, 3.8) is 0 Å². The molecule has 2 heterocycles. The van der Waals surface area contributed by atoms with Gasteiger partial charge in [-0.05, 0) is 37.1 Å². The Morgan fingerprint density at radius 2 is 2.16 bits per heavy atom. The molecule has 102 valence electrons. The van der Waals surface area contributed by atoms with E-state index in [0.717, 1.165) is 23.6 Å². The number of halogens is 1. The van der Waals surface area contributed by atoms with E-state index in [-0.39, 0.29) is 0 Å². The maximum atomic E-state index is 6.17. The zero-order valence-corrected chi connectivity index (χ0v) is 12.3. The molecule has 0 aliphatic carbocycles. The Labute approximate surface area is 118 Å². The summed E-state index contributed by atoms with van der Waals surface area (Å²) in [6, 6.07) is 3.74. The molecule has 2 rings (SSSR count). The predicted molar refractivity (Wildman–Crippen MR) is 77.7 cm³/mol. The molecular formula is C14H19ClN4. The SMILES string of the molecule is Cc1cnn(-c2ccc(Cl)c(CNCC(C)C)n2)c1. The zero-order valence-electron chi connectivity index (χ0n) is 11.5. The molecule has 0 aliphatic rings. The number of aromatic nitrogens is 3. The second-order valence-corrected chi connectivity index (χ2v) is 5.49. The minimum absolute atomic E-state index is 0.607. The minimum atomic E-state index is 0.607. The van der Waals surface area contributed by atoms with Crippen molar-refractivity contribution in [1.82, 2.24) is 20.1 Å². The van der Waals surface area contributed by atoms with Gasteiger partial charge in [-0.2, -0.15) is 5.10 Å². The minimum Gasteiger partial charge on any atom is -0.311 e. The lowest BCUT2D eigenvalue weighted by molar-refractivity contribution is 0.548. The Morgan fingerprint density at radius 1 is 1.37 bits per heavy atom. The van der Waals surface area contributed by atoms with Gasteiger partial charge in [0.1, 0.15) is 0 Å². The number of nitrogens with zero attached hydrogens (tertiary/aromatic N) is 3. The fraction of sp³-hybridized carbons (Fsp3) is 0.429. The van der Waals surface area contributed by atoms with Crippen LogP contribution in [0.5, 0.6) is 0 Å². The molecule has 0 fully saturated rings. The first-order chi connectivity index (χ1) is 9.06. The highest BCUT2D eigenvalue weighted by Gasteiger charge is 2.06. The van der Waals surface area contributed by atoms with Gasteiger partial charge in [-0.3, -0.25) is 0 Å². The van der Waals surface area contributed by atoms with E-state index in [1.54, 1.807) is 4.68 Å². The van der Waals surface area contributed by atoms with E-state index in [9.17, 15) is 0 Å². The Balaban J connectivity index is 2.15. The maximum Gasteiger partial charge on any atom is 0.153 e. The number of pyridine rings is 1. The lowest BCUT2D eigenvalue weighted by Crippen LogP contribution is -2.20. The summed E-state index contributed by atoms with van der Waals surface area (Å²) in [7, 11) is 0. The molecule has 0 saturated carbocycles. The van der Waals surface area contributed by atoms with E-state index >= 15 is 0 Å². The second kappa shape index (κ2) is 6.17. The highest BCUT2D eigenvalue weighted by Crippen LogP contribution is 2.16. The van der Waals surface area contributed by atoms with Gasteiger partial charge in [0.25, 0.3) is 0 Å². The van der Waals surface area contributed by atoms with E-state index in [1.807, 2.05) is 31.5 Å². The number of hydrogen-bond donors (Lipinski definition) is 1. The number of hydrogen-bond acceptors (Lipinski definition) is 3. The van der Waals surface area contributed by atoms with Crippen molar-refractivity contribution < 1.29 is 0 Å². The zero-order chi connectivity index (χ0) is 13.8. The molecule has 4 nitrogen and oxygen atoms in total. The Kier molecular flexibility index (Phi) is 4.56. The topological polar surface area (TPSA) is 42.7 Å². The summed E-state index contributed by atoms with van der Waals surface area (Å²) in [5.41, 5.74) is 1.96.